The summed E-state index contributed by atoms with van der Waals surface area (Å²) in [6.07, 6.45) is 0. The lowest BCUT2D eigenvalue weighted by Crippen LogP contribution is -2.22. The van der Waals surface area contributed by atoms with Gasteiger partial charge in [0.2, 0.25) is 0 Å². The van der Waals surface area contributed by atoms with Crippen molar-refractivity contribution in [1.29, 1.82) is 0 Å². The van der Waals surface area contributed by atoms with E-state index < -0.39 is 8.07 Å². The minimum Gasteiger partial charge on any atom is -0.467 e. The van der Waals surface area contributed by atoms with Gasteiger partial charge >= 0.3 is 5.97 Å². The first kappa shape index (κ1) is 15.5. The molecule has 0 bridgehead atoms. The molecule has 110 valence electrons. The fourth-order valence-electron chi connectivity index (χ4n) is 1.85. The fraction of sp³-hybridized carbons (Fsp3) is 0.500. The van der Waals surface area contributed by atoms with Gasteiger partial charge in [0.25, 0.3) is 0 Å². The van der Waals surface area contributed by atoms with Crippen molar-refractivity contribution in [1.82, 2.24) is 0 Å². The lowest BCUT2D eigenvalue weighted by atomic mass is 10.1. The predicted molar refractivity (Wildman–Crippen MR) is 82.9 cm³/mol. The van der Waals surface area contributed by atoms with Crippen molar-refractivity contribution in [2.45, 2.75) is 32.3 Å². The molecule has 0 radical (unpaired) electrons. The zero-order valence-corrected chi connectivity index (χ0v) is 14.6. The SMILES string of the molecule is C[Si](C)(C)CCOCOc1cc(Br)cc2c1C(=O)OC2. The van der Waals surface area contributed by atoms with Crippen LogP contribution in [0.25, 0.3) is 0 Å². The number of ether oxygens (including phenoxy) is 3. The van der Waals surface area contributed by atoms with E-state index in [-0.39, 0.29) is 12.8 Å². The fourth-order valence-corrected chi connectivity index (χ4v) is 3.09. The van der Waals surface area contributed by atoms with Gasteiger partial charge in [-0.05, 0) is 18.2 Å². The summed E-state index contributed by atoms with van der Waals surface area (Å²) in [4.78, 5) is 11.7. The van der Waals surface area contributed by atoms with Gasteiger partial charge in [0.1, 0.15) is 17.9 Å². The number of carbonyl (C=O) groups excluding carboxylic acids is 1. The van der Waals surface area contributed by atoms with Crippen molar-refractivity contribution >= 4 is 30.0 Å². The number of hydrogen-bond acceptors (Lipinski definition) is 4. The molecule has 0 unspecified atom stereocenters. The number of benzene rings is 1. The first-order chi connectivity index (χ1) is 9.37. The summed E-state index contributed by atoms with van der Waals surface area (Å²) in [5, 5.41) is 0. The highest BCUT2D eigenvalue weighted by molar-refractivity contribution is 9.10. The maximum atomic E-state index is 11.7. The molecule has 1 aliphatic heterocycles. The van der Waals surface area contributed by atoms with E-state index in [0.717, 1.165) is 16.1 Å². The normalized spacial score (nSPS) is 14.1. The van der Waals surface area contributed by atoms with Crippen LogP contribution in [0.2, 0.25) is 25.7 Å². The standard InChI is InChI=1S/C14H19BrO4Si/c1-20(2,3)5-4-17-9-19-12-7-11(15)6-10-8-18-14(16)13(10)12/h6-7H,4-5,8-9H2,1-3H3. The van der Waals surface area contributed by atoms with Crippen LogP contribution >= 0.6 is 15.9 Å². The molecule has 0 saturated carbocycles. The monoisotopic (exact) mass is 358 g/mol. The lowest BCUT2D eigenvalue weighted by molar-refractivity contribution is 0.0210. The predicted octanol–water partition coefficient (Wildman–Crippen LogP) is 3.81. The quantitative estimate of drug-likeness (QED) is 0.335. The van der Waals surface area contributed by atoms with E-state index in [0.29, 0.717) is 24.5 Å². The summed E-state index contributed by atoms with van der Waals surface area (Å²) in [5.41, 5.74) is 1.36. The third kappa shape index (κ3) is 4.07. The second-order valence-corrected chi connectivity index (χ2v) is 12.5. The van der Waals surface area contributed by atoms with Crippen molar-refractivity contribution in [2.24, 2.45) is 0 Å². The van der Waals surface area contributed by atoms with Crippen LogP contribution in [0, 0.1) is 0 Å². The van der Waals surface area contributed by atoms with Crippen molar-refractivity contribution in [2.75, 3.05) is 13.4 Å². The van der Waals surface area contributed by atoms with Gasteiger partial charge in [-0.15, -0.1) is 0 Å². The molecule has 6 heteroatoms. The largest absolute Gasteiger partial charge is 0.467 e. The third-order valence-corrected chi connectivity index (χ3v) is 5.17. The number of hydrogen-bond donors (Lipinski definition) is 0. The molecule has 0 aliphatic carbocycles. The highest BCUT2D eigenvalue weighted by atomic mass is 79.9. The van der Waals surface area contributed by atoms with Crippen LogP contribution in [-0.2, 0) is 16.1 Å². The summed E-state index contributed by atoms with van der Waals surface area (Å²) in [7, 11) is -1.09. The topological polar surface area (TPSA) is 44.8 Å². The zero-order chi connectivity index (χ0) is 14.8. The van der Waals surface area contributed by atoms with Crippen molar-refractivity contribution in [3.63, 3.8) is 0 Å². The van der Waals surface area contributed by atoms with Gasteiger partial charge < -0.3 is 14.2 Å². The van der Waals surface area contributed by atoms with E-state index in [1.165, 1.54) is 0 Å². The van der Waals surface area contributed by atoms with Crippen molar-refractivity contribution < 1.29 is 19.0 Å². The molecule has 0 amide bonds. The molecule has 0 saturated heterocycles. The van der Waals surface area contributed by atoms with E-state index >= 15 is 0 Å². The van der Waals surface area contributed by atoms with E-state index in [2.05, 4.69) is 35.6 Å². The summed E-state index contributed by atoms with van der Waals surface area (Å²) < 4.78 is 17.0. The highest BCUT2D eigenvalue weighted by Crippen LogP contribution is 2.32. The molecule has 0 atom stereocenters. The van der Waals surface area contributed by atoms with E-state index in [1.54, 1.807) is 6.07 Å². The molecule has 0 spiro atoms. The van der Waals surface area contributed by atoms with Gasteiger partial charge in [0.05, 0.1) is 0 Å². The Balaban J connectivity index is 1.92. The van der Waals surface area contributed by atoms with Crippen LogP contribution in [-0.4, -0.2) is 27.4 Å². The Morgan fingerprint density at radius 3 is 2.80 bits per heavy atom. The van der Waals surface area contributed by atoms with Gasteiger partial charge in [-0.25, -0.2) is 4.79 Å². The first-order valence-corrected chi connectivity index (χ1v) is 11.1. The molecule has 1 aromatic rings. The Kier molecular flexibility index (Phi) is 4.88. The number of cyclic esters (lactones) is 1. The smallest absolute Gasteiger partial charge is 0.342 e. The molecule has 4 nitrogen and oxygen atoms in total. The minimum absolute atomic E-state index is 0.153. The number of esters is 1. The summed E-state index contributed by atoms with van der Waals surface area (Å²) in [6, 6.07) is 4.74. The molecule has 0 N–H and O–H groups in total. The van der Waals surface area contributed by atoms with E-state index in [4.69, 9.17) is 14.2 Å². The molecular weight excluding hydrogens is 340 g/mol. The Hall–Kier alpha value is -0.853. The number of rotatable bonds is 6. The summed E-state index contributed by atoms with van der Waals surface area (Å²) in [6.45, 7) is 8.05. The third-order valence-electron chi connectivity index (χ3n) is 3.01. The molecule has 20 heavy (non-hydrogen) atoms. The van der Waals surface area contributed by atoms with Crippen molar-refractivity contribution in [3.05, 3.63) is 27.7 Å². The van der Waals surface area contributed by atoms with Crippen LogP contribution in [0.3, 0.4) is 0 Å². The molecule has 0 fully saturated rings. The minimum atomic E-state index is -1.09. The summed E-state index contributed by atoms with van der Waals surface area (Å²) in [5.74, 6) is 0.189. The van der Waals surface area contributed by atoms with Gasteiger partial charge in [0, 0.05) is 24.7 Å². The molecular formula is C14H19BrO4Si. The van der Waals surface area contributed by atoms with Crippen LogP contribution in [0.15, 0.2) is 16.6 Å². The van der Waals surface area contributed by atoms with Crippen LogP contribution in [0.4, 0.5) is 0 Å². The Bertz CT molecular complexity index is 511. The number of halogens is 1. The molecule has 0 aromatic heterocycles. The molecule has 1 aromatic carbocycles. The van der Waals surface area contributed by atoms with Crippen molar-refractivity contribution in [3.8, 4) is 5.75 Å². The average Bonchev–Trinajstić information content (AvgIpc) is 2.68. The van der Waals surface area contributed by atoms with Gasteiger partial charge in [0.15, 0.2) is 6.79 Å². The molecule has 2 rings (SSSR count). The first-order valence-electron chi connectivity index (χ1n) is 6.57. The van der Waals surface area contributed by atoms with Gasteiger partial charge in [-0.2, -0.15) is 0 Å². The van der Waals surface area contributed by atoms with Gasteiger partial charge in [-0.1, -0.05) is 35.6 Å². The highest BCUT2D eigenvalue weighted by Gasteiger charge is 2.26. The van der Waals surface area contributed by atoms with Crippen LogP contribution < -0.4 is 4.74 Å². The second kappa shape index (κ2) is 6.28. The molecule has 1 heterocycles. The Morgan fingerprint density at radius 1 is 1.35 bits per heavy atom. The average molecular weight is 359 g/mol. The van der Waals surface area contributed by atoms with Crippen LogP contribution in [0.5, 0.6) is 5.75 Å². The number of fused-ring (bicyclic) bond motifs is 1. The Morgan fingerprint density at radius 2 is 2.10 bits per heavy atom. The lowest BCUT2D eigenvalue weighted by Gasteiger charge is -2.16. The molecule has 1 aliphatic rings. The number of carbonyl (C=O) groups is 1. The maximum absolute atomic E-state index is 11.7. The van der Waals surface area contributed by atoms with E-state index in [1.807, 2.05) is 6.07 Å². The maximum Gasteiger partial charge on any atom is 0.342 e. The Labute approximate surface area is 128 Å². The zero-order valence-electron chi connectivity index (χ0n) is 12.0. The van der Waals surface area contributed by atoms with Crippen LogP contribution in [0.1, 0.15) is 15.9 Å². The van der Waals surface area contributed by atoms with Gasteiger partial charge in [-0.3, -0.25) is 0 Å². The second-order valence-electron chi connectivity index (χ2n) is 6.00. The summed E-state index contributed by atoms with van der Waals surface area (Å²) >= 11 is 3.40. The van der Waals surface area contributed by atoms with E-state index in [9.17, 15) is 4.79 Å².